The van der Waals surface area contributed by atoms with E-state index in [4.69, 9.17) is 19.3 Å². The molecule has 9 heteroatoms. The number of unbranched alkanes of at least 4 members (excludes halogenated alkanes) is 1. The van der Waals surface area contributed by atoms with Gasteiger partial charge in [-0.2, -0.15) is 4.98 Å². The highest BCUT2D eigenvalue weighted by molar-refractivity contribution is 7.99. The number of nitrogens with one attached hydrogen (secondary N) is 1. The molecule has 1 aliphatic heterocycles. The van der Waals surface area contributed by atoms with Crippen LogP contribution in [0.15, 0.2) is 34.6 Å². The minimum Gasteiger partial charge on any atom is -0.493 e. The predicted octanol–water partition coefficient (Wildman–Crippen LogP) is 4.43. The van der Waals surface area contributed by atoms with Crippen LogP contribution in [0.2, 0.25) is 0 Å². The molecule has 0 radical (unpaired) electrons. The maximum atomic E-state index is 13.0. The van der Waals surface area contributed by atoms with Crippen LogP contribution in [0.5, 0.6) is 11.5 Å². The number of ether oxygens (including phenoxy) is 3. The number of fused-ring (bicyclic) bond motifs is 1. The molecule has 0 fully saturated rings. The van der Waals surface area contributed by atoms with Crippen LogP contribution in [0.3, 0.4) is 0 Å². The Hall–Kier alpha value is -2.68. The molecule has 3 rings (SSSR count). The van der Waals surface area contributed by atoms with Gasteiger partial charge in [0, 0.05) is 11.4 Å². The number of carbonyl (C=O) groups excluding carboxylic acids is 1. The van der Waals surface area contributed by atoms with Crippen molar-refractivity contribution in [2.24, 2.45) is 0 Å². The zero-order valence-electron chi connectivity index (χ0n) is 18.7. The number of anilines is 1. The molecule has 8 nitrogen and oxygen atoms in total. The summed E-state index contributed by atoms with van der Waals surface area (Å²) in [7, 11) is 3.18. The summed E-state index contributed by atoms with van der Waals surface area (Å²) in [6.45, 7) is 6.34. The topological polar surface area (TPSA) is 87.5 Å². The highest BCUT2D eigenvalue weighted by Gasteiger charge is 2.35. The van der Waals surface area contributed by atoms with Crippen molar-refractivity contribution in [2.45, 2.75) is 51.2 Å². The van der Waals surface area contributed by atoms with E-state index in [1.165, 1.54) is 0 Å². The lowest BCUT2D eigenvalue weighted by Crippen LogP contribution is -2.29. The Morgan fingerprint density at radius 2 is 1.97 bits per heavy atom. The second-order valence-electron chi connectivity index (χ2n) is 7.18. The molecule has 2 heterocycles. The Morgan fingerprint density at radius 3 is 2.65 bits per heavy atom. The number of benzene rings is 1. The van der Waals surface area contributed by atoms with Gasteiger partial charge in [0.1, 0.15) is 6.04 Å². The third kappa shape index (κ3) is 4.98. The van der Waals surface area contributed by atoms with Crippen LogP contribution in [-0.2, 0) is 9.53 Å². The molecule has 1 unspecified atom stereocenters. The first-order valence-corrected chi connectivity index (χ1v) is 11.5. The van der Waals surface area contributed by atoms with Gasteiger partial charge >= 0.3 is 5.97 Å². The number of carbonyl (C=O) groups is 1. The summed E-state index contributed by atoms with van der Waals surface area (Å²) in [6.07, 6.45) is 2.95. The second kappa shape index (κ2) is 10.6. The largest absolute Gasteiger partial charge is 0.493 e. The molecule has 1 atom stereocenters. The average molecular weight is 447 g/mol. The van der Waals surface area contributed by atoms with Gasteiger partial charge in [-0.05, 0) is 37.5 Å². The van der Waals surface area contributed by atoms with Gasteiger partial charge in [0.15, 0.2) is 11.5 Å². The molecule has 0 bridgehead atoms. The Balaban J connectivity index is 2.07. The summed E-state index contributed by atoms with van der Waals surface area (Å²) in [5.41, 5.74) is 2.03. The maximum absolute atomic E-state index is 13.0. The van der Waals surface area contributed by atoms with Gasteiger partial charge in [-0.25, -0.2) is 9.48 Å². The van der Waals surface area contributed by atoms with E-state index in [0.717, 1.165) is 30.6 Å². The quantitative estimate of drug-likeness (QED) is 0.326. The number of hydrogen-bond donors (Lipinski definition) is 1. The number of nitrogens with zero attached hydrogens (tertiary/aromatic N) is 3. The summed E-state index contributed by atoms with van der Waals surface area (Å²) in [6, 6.07) is 5.11. The Labute approximate surface area is 187 Å². The van der Waals surface area contributed by atoms with Crippen molar-refractivity contribution in [2.75, 3.05) is 31.9 Å². The fourth-order valence-corrected chi connectivity index (χ4v) is 4.28. The molecule has 1 aromatic heterocycles. The smallest absolute Gasteiger partial charge is 0.338 e. The van der Waals surface area contributed by atoms with Gasteiger partial charge in [0.2, 0.25) is 11.1 Å². The lowest BCUT2D eigenvalue weighted by Gasteiger charge is -2.28. The third-order valence-corrected chi connectivity index (χ3v) is 5.87. The van der Waals surface area contributed by atoms with Crippen LogP contribution in [0.1, 0.15) is 51.6 Å². The number of methoxy groups -OCH3 is 2. The maximum Gasteiger partial charge on any atom is 0.338 e. The van der Waals surface area contributed by atoms with Crippen LogP contribution in [0, 0.1) is 0 Å². The molecule has 0 spiro atoms. The Kier molecular flexibility index (Phi) is 7.84. The first kappa shape index (κ1) is 23.0. The summed E-state index contributed by atoms with van der Waals surface area (Å²) >= 11 is 1.61. The highest BCUT2D eigenvalue weighted by Crippen LogP contribution is 2.39. The van der Waals surface area contributed by atoms with E-state index in [1.54, 1.807) is 30.7 Å². The van der Waals surface area contributed by atoms with Crippen LogP contribution in [0.25, 0.3) is 0 Å². The van der Waals surface area contributed by atoms with Crippen molar-refractivity contribution in [1.82, 2.24) is 14.8 Å². The molecule has 0 saturated carbocycles. The predicted molar refractivity (Wildman–Crippen MR) is 121 cm³/mol. The van der Waals surface area contributed by atoms with Gasteiger partial charge < -0.3 is 19.5 Å². The van der Waals surface area contributed by atoms with Crippen LogP contribution in [0.4, 0.5) is 5.95 Å². The summed E-state index contributed by atoms with van der Waals surface area (Å²) < 4.78 is 18.1. The zero-order chi connectivity index (χ0) is 22.4. The van der Waals surface area contributed by atoms with Crippen molar-refractivity contribution < 1.29 is 19.0 Å². The summed E-state index contributed by atoms with van der Waals surface area (Å²) in [4.78, 5) is 17.7. The number of allylic oxidation sites excluding steroid dienone is 1. The molecule has 31 heavy (non-hydrogen) atoms. The van der Waals surface area contributed by atoms with E-state index in [1.807, 2.05) is 32.0 Å². The normalized spacial score (nSPS) is 15.3. The first-order chi connectivity index (χ1) is 15.0. The van der Waals surface area contributed by atoms with Gasteiger partial charge in [-0.1, -0.05) is 38.1 Å². The van der Waals surface area contributed by atoms with Crippen molar-refractivity contribution in [3.63, 3.8) is 0 Å². The zero-order valence-corrected chi connectivity index (χ0v) is 19.5. The second-order valence-corrected chi connectivity index (χ2v) is 8.24. The van der Waals surface area contributed by atoms with Crippen molar-refractivity contribution in [3.8, 4) is 11.5 Å². The van der Waals surface area contributed by atoms with E-state index in [-0.39, 0.29) is 5.97 Å². The lowest BCUT2D eigenvalue weighted by molar-refractivity contribution is -0.139. The molecule has 0 aliphatic carbocycles. The number of thioether (sulfide) groups is 1. The molecule has 1 aliphatic rings. The molecule has 1 aromatic carbocycles. The first-order valence-electron chi connectivity index (χ1n) is 10.5. The van der Waals surface area contributed by atoms with E-state index in [2.05, 4.69) is 17.2 Å². The Bertz CT molecular complexity index is 957. The summed E-state index contributed by atoms with van der Waals surface area (Å²) in [5, 5.41) is 8.62. The fraction of sp³-hybridized carbons (Fsp3) is 0.500. The van der Waals surface area contributed by atoms with Crippen LogP contribution >= 0.6 is 11.8 Å². The van der Waals surface area contributed by atoms with Crippen molar-refractivity contribution in [1.29, 1.82) is 0 Å². The minimum absolute atomic E-state index is 0.358. The third-order valence-electron chi connectivity index (χ3n) is 4.94. The number of hydrogen-bond acceptors (Lipinski definition) is 8. The SMILES string of the molecule is CCCCSc1nc2n(n1)C(c1ccc(OC)c(OC)c1)C(C(=O)OCCC)=C(C)N2. The monoisotopic (exact) mass is 446 g/mol. The van der Waals surface area contributed by atoms with E-state index >= 15 is 0 Å². The van der Waals surface area contributed by atoms with Gasteiger partial charge in [0.25, 0.3) is 0 Å². The van der Waals surface area contributed by atoms with Crippen LogP contribution in [-0.4, -0.2) is 47.3 Å². The molecular formula is C22H30N4O4S. The van der Waals surface area contributed by atoms with Crippen molar-refractivity contribution in [3.05, 3.63) is 35.0 Å². The molecular weight excluding hydrogens is 416 g/mol. The summed E-state index contributed by atoms with van der Waals surface area (Å²) in [5.74, 6) is 2.37. The molecule has 0 saturated heterocycles. The number of rotatable bonds is 10. The number of aromatic nitrogens is 3. The average Bonchev–Trinajstić information content (AvgIpc) is 3.18. The van der Waals surface area contributed by atoms with Crippen molar-refractivity contribution >= 4 is 23.7 Å². The standard InChI is InChI=1S/C22H30N4O4S/c1-6-8-12-31-22-24-21-23-14(3)18(20(27)30-11-7-2)19(26(21)25-22)15-9-10-16(28-4)17(13-15)29-5/h9-10,13,19H,6-8,11-12H2,1-5H3,(H,23,24,25). The number of esters is 1. The van der Waals surface area contributed by atoms with Gasteiger partial charge in [0.05, 0.1) is 26.4 Å². The van der Waals surface area contributed by atoms with Gasteiger partial charge in [-0.15, -0.1) is 5.10 Å². The Morgan fingerprint density at radius 1 is 1.19 bits per heavy atom. The van der Waals surface area contributed by atoms with E-state index in [0.29, 0.717) is 40.5 Å². The molecule has 168 valence electrons. The van der Waals surface area contributed by atoms with Gasteiger partial charge in [-0.3, -0.25) is 0 Å². The molecule has 2 aromatic rings. The highest BCUT2D eigenvalue weighted by atomic mass is 32.2. The lowest BCUT2D eigenvalue weighted by atomic mass is 9.95. The van der Waals surface area contributed by atoms with E-state index < -0.39 is 6.04 Å². The minimum atomic E-state index is -0.492. The fourth-order valence-electron chi connectivity index (χ4n) is 3.37. The molecule has 1 N–H and O–H groups in total. The van der Waals surface area contributed by atoms with Crippen LogP contribution < -0.4 is 14.8 Å². The molecule has 0 amide bonds. The van der Waals surface area contributed by atoms with E-state index in [9.17, 15) is 4.79 Å².